The van der Waals surface area contributed by atoms with Gasteiger partial charge in [0.15, 0.2) is 0 Å². The van der Waals surface area contributed by atoms with Crippen molar-refractivity contribution in [1.29, 1.82) is 0 Å². The van der Waals surface area contributed by atoms with E-state index >= 15 is 0 Å². The molecule has 3 rings (SSSR count). The molecule has 3 heterocycles. The molecule has 0 unspecified atom stereocenters. The fraction of sp³-hybridized carbons (Fsp3) is 0.417. The van der Waals surface area contributed by atoms with Crippen molar-refractivity contribution >= 4 is 33.2 Å². The van der Waals surface area contributed by atoms with Crippen LogP contribution in [0, 0.1) is 6.92 Å². The van der Waals surface area contributed by atoms with Crippen molar-refractivity contribution in [2.45, 2.75) is 19.8 Å². The third kappa shape index (κ3) is 1.80. The lowest BCUT2D eigenvalue weighted by Crippen LogP contribution is -2.35. The summed E-state index contributed by atoms with van der Waals surface area (Å²) < 4.78 is 2.84. The Kier molecular flexibility index (Phi) is 2.81. The van der Waals surface area contributed by atoms with Crippen LogP contribution < -0.4 is 4.90 Å². The smallest absolute Gasteiger partial charge is 0.211 e. The quantitative estimate of drug-likeness (QED) is 0.808. The third-order valence-electron chi connectivity index (χ3n) is 3.28. The number of halogens is 1. The lowest BCUT2D eigenvalue weighted by molar-refractivity contribution is -0.119. The molecule has 94 valence electrons. The second kappa shape index (κ2) is 4.35. The predicted molar refractivity (Wildman–Crippen MR) is 71.9 cm³/mol. The van der Waals surface area contributed by atoms with Crippen molar-refractivity contribution in [2.75, 3.05) is 18.0 Å². The molecule has 0 aliphatic carbocycles. The maximum atomic E-state index is 11.3. The second-order valence-electron chi connectivity index (χ2n) is 4.46. The zero-order valence-electron chi connectivity index (χ0n) is 10.1. The predicted octanol–water partition coefficient (Wildman–Crippen LogP) is 1.97. The van der Waals surface area contributed by atoms with Crippen LogP contribution in [-0.4, -0.2) is 33.2 Å². The molecule has 5 nitrogen and oxygen atoms in total. The number of anilines is 1. The maximum Gasteiger partial charge on any atom is 0.211 e. The van der Waals surface area contributed by atoms with Crippen LogP contribution in [0.5, 0.6) is 0 Å². The number of aromatic nitrogens is 3. The summed E-state index contributed by atoms with van der Waals surface area (Å²) in [5.74, 6) is 1.22. The largest absolute Gasteiger partial charge is 0.341 e. The second-order valence-corrected chi connectivity index (χ2v) is 5.21. The molecule has 2 aromatic rings. The summed E-state index contributed by atoms with van der Waals surface area (Å²) in [5.41, 5.74) is 1.93. The van der Waals surface area contributed by atoms with Crippen LogP contribution in [0.3, 0.4) is 0 Å². The van der Waals surface area contributed by atoms with Crippen molar-refractivity contribution in [3.05, 3.63) is 22.7 Å². The number of rotatable bonds is 1. The maximum absolute atomic E-state index is 11.3. The first-order valence-corrected chi connectivity index (χ1v) is 6.72. The highest BCUT2D eigenvalue weighted by Crippen LogP contribution is 2.26. The molecular formula is C12H13BrN4O. The number of piperidine rings is 1. The molecule has 0 bridgehead atoms. The van der Waals surface area contributed by atoms with Gasteiger partial charge in [-0.25, -0.2) is 4.98 Å². The van der Waals surface area contributed by atoms with Gasteiger partial charge in [-0.15, -0.1) is 0 Å². The third-order valence-corrected chi connectivity index (χ3v) is 3.83. The lowest BCUT2D eigenvalue weighted by atomic mass is 10.1. The highest BCUT2D eigenvalue weighted by atomic mass is 79.9. The Labute approximate surface area is 113 Å². The van der Waals surface area contributed by atoms with Crippen LogP contribution in [0.25, 0.3) is 5.52 Å². The first-order chi connectivity index (χ1) is 8.66. The molecule has 0 saturated carbocycles. The Balaban J connectivity index is 2.07. The van der Waals surface area contributed by atoms with E-state index in [9.17, 15) is 4.79 Å². The minimum absolute atomic E-state index is 0.337. The molecule has 2 aromatic heterocycles. The molecule has 0 aromatic carbocycles. The molecule has 0 atom stereocenters. The SMILES string of the molecule is Cc1nccn2c(N3CCC(=O)CC3)nc(Br)c12. The summed E-state index contributed by atoms with van der Waals surface area (Å²) in [5, 5.41) is 0. The Morgan fingerprint density at radius 2 is 2.06 bits per heavy atom. The van der Waals surface area contributed by atoms with Gasteiger partial charge in [-0.1, -0.05) is 0 Å². The molecule has 18 heavy (non-hydrogen) atoms. The summed E-state index contributed by atoms with van der Waals surface area (Å²) in [6.45, 7) is 3.45. The Morgan fingerprint density at radius 3 is 2.78 bits per heavy atom. The lowest BCUT2D eigenvalue weighted by Gasteiger charge is -2.26. The monoisotopic (exact) mass is 308 g/mol. The zero-order valence-corrected chi connectivity index (χ0v) is 11.6. The number of carbonyl (C=O) groups excluding carboxylic acids is 1. The van der Waals surface area contributed by atoms with Crippen LogP contribution in [0.2, 0.25) is 0 Å². The molecule has 6 heteroatoms. The average molecular weight is 309 g/mol. The standard InChI is InChI=1S/C12H13BrN4O/c1-8-10-11(13)15-12(17(10)7-4-14-8)16-5-2-9(18)3-6-16/h4,7H,2-3,5-6H2,1H3. The van der Waals surface area contributed by atoms with E-state index in [2.05, 4.69) is 30.8 Å². The Hall–Kier alpha value is -1.43. The van der Waals surface area contributed by atoms with Crippen LogP contribution in [0.4, 0.5) is 5.95 Å². The molecule has 0 radical (unpaired) electrons. The van der Waals surface area contributed by atoms with E-state index in [-0.39, 0.29) is 0 Å². The number of ketones is 1. The van der Waals surface area contributed by atoms with Gasteiger partial charge in [-0.05, 0) is 22.9 Å². The topological polar surface area (TPSA) is 50.5 Å². The molecule has 1 aliphatic heterocycles. The van der Waals surface area contributed by atoms with Gasteiger partial charge < -0.3 is 4.90 Å². The summed E-state index contributed by atoms with van der Waals surface area (Å²) in [6, 6.07) is 0. The highest BCUT2D eigenvalue weighted by Gasteiger charge is 2.21. The number of carbonyl (C=O) groups is 1. The van der Waals surface area contributed by atoms with Gasteiger partial charge in [0.2, 0.25) is 5.95 Å². The van der Waals surface area contributed by atoms with Gasteiger partial charge in [-0.2, -0.15) is 0 Å². The van der Waals surface area contributed by atoms with Crippen LogP contribution in [0.1, 0.15) is 18.5 Å². The number of imidazole rings is 1. The molecule has 0 N–H and O–H groups in total. The number of hydrogen-bond donors (Lipinski definition) is 0. The number of nitrogens with zero attached hydrogens (tertiary/aromatic N) is 4. The van der Waals surface area contributed by atoms with E-state index in [1.807, 2.05) is 17.5 Å². The Morgan fingerprint density at radius 1 is 1.33 bits per heavy atom. The molecule has 0 amide bonds. The van der Waals surface area contributed by atoms with Gasteiger partial charge in [0, 0.05) is 38.3 Å². The van der Waals surface area contributed by atoms with Crippen molar-refractivity contribution < 1.29 is 4.79 Å². The number of Topliss-reactive ketones (excluding diaryl/α,β-unsaturated/α-hetero) is 1. The minimum atomic E-state index is 0.337. The van der Waals surface area contributed by atoms with Crippen LogP contribution >= 0.6 is 15.9 Å². The fourth-order valence-corrected chi connectivity index (χ4v) is 2.95. The van der Waals surface area contributed by atoms with Crippen molar-refractivity contribution in [3.8, 4) is 0 Å². The number of aryl methyl sites for hydroxylation is 1. The summed E-state index contributed by atoms with van der Waals surface area (Å²) in [4.78, 5) is 22.3. The first-order valence-electron chi connectivity index (χ1n) is 5.92. The van der Waals surface area contributed by atoms with Gasteiger partial charge >= 0.3 is 0 Å². The highest BCUT2D eigenvalue weighted by molar-refractivity contribution is 9.10. The van der Waals surface area contributed by atoms with E-state index in [1.165, 1.54) is 0 Å². The van der Waals surface area contributed by atoms with E-state index in [0.717, 1.165) is 34.9 Å². The fourth-order valence-electron chi connectivity index (χ4n) is 2.31. The normalized spacial score (nSPS) is 16.6. The van der Waals surface area contributed by atoms with Crippen molar-refractivity contribution in [3.63, 3.8) is 0 Å². The summed E-state index contributed by atoms with van der Waals surface area (Å²) in [6.07, 6.45) is 4.90. The first kappa shape index (κ1) is 11.6. The molecule has 0 spiro atoms. The number of fused-ring (bicyclic) bond motifs is 1. The summed E-state index contributed by atoms with van der Waals surface area (Å²) >= 11 is 3.48. The van der Waals surface area contributed by atoms with Crippen LogP contribution in [0.15, 0.2) is 17.0 Å². The molecule has 1 aliphatic rings. The van der Waals surface area contributed by atoms with Gasteiger partial charge in [-0.3, -0.25) is 14.2 Å². The average Bonchev–Trinajstić information content (AvgIpc) is 2.69. The molecule has 1 fully saturated rings. The molecule has 1 saturated heterocycles. The summed E-state index contributed by atoms with van der Waals surface area (Å²) in [7, 11) is 0. The minimum Gasteiger partial charge on any atom is -0.341 e. The van der Waals surface area contributed by atoms with Crippen molar-refractivity contribution in [1.82, 2.24) is 14.4 Å². The van der Waals surface area contributed by atoms with E-state index < -0.39 is 0 Å². The zero-order chi connectivity index (χ0) is 12.7. The van der Waals surface area contributed by atoms with Gasteiger partial charge in [0.25, 0.3) is 0 Å². The van der Waals surface area contributed by atoms with Gasteiger partial charge in [0.05, 0.1) is 5.69 Å². The van der Waals surface area contributed by atoms with E-state index in [4.69, 9.17) is 0 Å². The van der Waals surface area contributed by atoms with Crippen molar-refractivity contribution in [2.24, 2.45) is 0 Å². The Bertz CT molecular complexity index is 612. The number of hydrogen-bond acceptors (Lipinski definition) is 4. The van der Waals surface area contributed by atoms with E-state index in [0.29, 0.717) is 18.6 Å². The van der Waals surface area contributed by atoms with E-state index in [1.54, 1.807) is 6.20 Å². The van der Waals surface area contributed by atoms with Crippen LogP contribution in [-0.2, 0) is 4.79 Å². The molecular weight excluding hydrogens is 296 g/mol. The van der Waals surface area contributed by atoms with Gasteiger partial charge in [0.1, 0.15) is 15.9 Å².